The second kappa shape index (κ2) is 6.92. The molecule has 112 valence electrons. The number of benzene rings is 1. The van der Waals surface area contributed by atoms with Crippen molar-refractivity contribution in [1.82, 2.24) is 9.88 Å². The third-order valence-electron chi connectivity index (χ3n) is 3.35. The Morgan fingerprint density at radius 1 is 1.24 bits per heavy atom. The van der Waals surface area contributed by atoms with Crippen molar-refractivity contribution in [3.8, 4) is 11.3 Å². The van der Waals surface area contributed by atoms with Crippen LogP contribution in [0.15, 0.2) is 39.9 Å². The fraction of sp³-hybridized carbons (Fsp3) is 0.375. The number of aryl methyl sites for hydroxylation is 1. The Kier molecular flexibility index (Phi) is 4.98. The van der Waals surface area contributed by atoms with Gasteiger partial charge in [0.15, 0.2) is 11.7 Å². The highest BCUT2D eigenvalue weighted by atomic mass is 16.4. The Balaban J connectivity index is 2.07. The van der Waals surface area contributed by atoms with E-state index in [4.69, 9.17) is 10.2 Å². The van der Waals surface area contributed by atoms with Gasteiger partial charge in [0.25, 0.3) is 0 Å². The van der Waals surface area contributed by atoms with Gasteiger partial charge < -0.3 is 15.1 Å². The smallest absolute Gasteiger partial charge is 0.216 e. The normalized spacial score (nSPS) is 11.7. The van der Waals surface area contributed by atoms with Crippen LogP contribution in [-0.4, -0.2) is 28.9 Å². The average molecular weight is 286 g/mol. The molecule has 5 nitrogen and oxygen atoms in total. The van der Waals surface area contributed by atoms with Crippen LogP contribution in [0.25, 0.3) is 11.3 Å². The molecule has 21 heavy (non-hydrogen) atoms. The van der Waals surface area contributed by atoms with Crippen molar-refractivity contribution in [2.24, 2.45) is 10.7 Å². The van der Waals surface area contributed by atoms with Crippen LogP contribution < -0.4 is 5.73 Å². The van der Waals surface area contributed by atoms with Crippen LogP contribution in [-0.2, 0) is 6.54 Å². The first-order valence-corrected chi connectivity index (χ1v) is 7.20. The number of nitrogens with zero attached hydrogens (tertiary/aromatic N) is 3. The van der Waals surface area contributed by atoms with Crippen LogP contribution in [0.4, 0.5) is 0 Å². The van der Waals surface area contributed by atoms with E-state index in [1.807, 2.05) is 43.0 Å². The summed E-state index contributed by atoms with van der Waals surface area (Å²) in [5.41, 5.74) is 8.16. The van der Waals surface area contributed by atoms with Crippen LogP contribution in [0.1, 0.15) is 25.3 Å². The first-order chi connectivity index (χ1) is 10.1. The minimum atomic E-state index is 0.355. The van der Waals surface area contributed by atoms with Gasteiger partial charge in [0.2, 0.25) is 5.89 Å². The topological polar surface area (TPSA) is 67.7 Å². The molecule has 0 aliphatic rings. The largest absolute Gasteiger partial charge is 0.439 e. The molecule has 0 saturated heterocycles. The predicted molar refractivity (Wildman–Crippen MR) is 84.9 cm³/mol. The van der Waals surface area contributed by atoms with Gasteiger partial charge in [-0.15, -0.1) is 0 Å². The lowest BCUT2D eigenvalue weighted by Crippen LogP contribution is -2.37. The lowest BCUT2D eigenvalue weighted by atomic mass is 10.1. The SMILES string of the molecule is CCN(CC)C(N)=NCc1ncc(-c2ccc(C)cc2)o1. The Morgan fingerprint density at radius 2 is 1.90 bits per heavy atom. The molecule has 1 aromatic heterocycles. The zero-order chi connectivity index (χ0) is 15.2. The van der Waals surface area contributed by atoms with E-state index in [2.05, 4.69) is 16.9 Å². The van der Waals surface area contributed by atoms with Gasteiger partial charge in [0, 0.05) is 18.7 Å². The Bertz CT molecular complexity index is 597. The quantitative estimate of drug-likeness (QED) is 0.678. The molecule has 0 atom stereocenters. The third-order valence-corrected chi connectivity index (χ3v) is 3.35. The minimum absolute atomic E-state index is 0.355. The molecular formula is C16H22N4O. The van der Waals surface area contributed by atoms with Crippen LogP contribution in [0, 0.1) is 6.92 Å². The zero-order valence-electron chi connectivity index (χ0n) is 12.8. The van der Waals surface area contributed by atoms with E-state index in [1.165, 1.54) is 5.56 Å². The molecule has 2 N–H and O–H groups in total. The van der Waals surface area contributed by atoms with E-state index >= 15 is 0 Å². The second-order valence-corrected chi connectivity index (χ2v) is 4.83. The Labute approximate surface area is 125 Å². The highest BCUT2D eigenvalue weighted by molar-refractivity contribution is 5.77. The fourth-order valence-corrected chi connectivity index (χ4v) is 2.03. The predicted octanol–water partition coefficient (Wildman–Crippen LogP) is 2.81. The van der Waals surface area contributed by atoms with Crippen molar-refractivity contribution in [1.29, 1.82) is 0 Å². The molecule has 0 amide bonds. The molecule has 0 spiro atoms. The van der Waals surface area contributed by atoms with E-state index in [0.717, 1.165) is 24.4 Å². The van der Waals surface area contributed by atoms with Gasteiger partial charge in [-0.2, -0.15) is 0 Å². The number of aliphatic imine (C=N–C) groups is 1. The summed E-state index contributed by atoms with van der Waals surface area (Å²) in [7, 11) is 0. The molecule has 2 aromatic rings. The van der Waals surface area contributed by atoms with Gasteiger partial charge in [0.1, 0.15) is 6.54 Å². The van der Waals surface area contributed by atoms with E-state index in [-0.39, 0.29) is 0 Å². The number of aromatic nitrogens is 1. The van der Waals surface area contributed by atoms with Crippen LogP contribution in [0.5, 0.6) is 0 Å². The van der Waals surface area contributed by atoms with Gasteiger partial charge in [-0.05, 0) is 20.8 Å². The van der Waals surface area contributed by atoms with Gasteiger partial charge in [-0.3, -0.25) is 0 Å². The van der Waals surface area contributed by atoms with Crippen molar-refractivity contribution in [3.63, 3.8) is 0 Å². The summed E-state index contributed by atoms with van der Waals surface area (Å²) in [6, 6.07) is 8.14. The van der Waals surface area contributed by atoms with E-state index in [9.17, 15) is 0 Å². The maximum absolute atomic E-state index is 5.93. The molecule has 1 heterocycles. The Morgan fingerprint density at radius 3 is 2.52 bits per heavy atom. The first-order valence-electron chi connectivity index (χ1n) is 7.20. The van der Waals surface area contributed by atoms with Crippen LogP contribution >= 0.6 is 0 Å². The number of hydrogen-bond donors (Lipinski definition) is 1. The number of guanidine groups is 1. The lowest BCUT2D eigenvalue weighted by Gasteiger charge is -2.18. The number of nitrogens with two attached hydrogens (primary N) is 1. The van der Waals surface area contributed by atoms with Crippen molar-refractivity contribution in [2.75, 3.05) is 13.1 Å². The summed E-state index contributed by atoms with van der Waals surface area (Å²) >= 11 is 0. The molecule has 0 radical (unpaired) electrons. The maximum atomic E-state index is 5.93. The van der Waals surface area contributed by atoms with Crippen molar-refractivity contribution < 1.29 is 4.42 Å². The molecule has 5 heteroatoms. The molecule has 0 fully saturated rings. The Hall–Kier alpha value is -2.30. The van der Waals surface area contributed by atoms with Gasteiger partial charge in [0.05, 0.1) is 6.20 Å². The minimum Gasteiger partial charge on any atom is -0.439 e. The molecule has 2 rings (SSSR count). The molecule has 0 aliphatic carbocycles. The summed E-state index contributed by atoms with van der Waals surface area (Å²) in [6.07, 6.45) is 1.73. The van der Waals surface area contributed by atoms with Crippen molar-refractivity contribution in [3.05, 3.63) is 41.9 Å². The van der Waals surface area contributed by atoms with Gasteiger partial charge in [-0.1, -0.05) is 29.8 Å². The van der Waals surface area contributed by atoms with Crippen LogP contribution in [0.2, 0.25) is 0 Å². The van der Waals surface area contributed by atoms with E-state index in [0.29, 0.717) is 18.4 Å². The highest BCUT2D eigenvalue weighted by Gasteiger charge is 2.07. The summed E-state index contributed by atoms with van der Waals surface area (Å²) < 4.78 is 5.71. The monoisotopic (exact) mass is 286 g/mol. The molecule has 0 aliphatic heterocycles. The summed E-state index contributed by atoms with van der Waals surface area (Å²) in [4.78, 5) is 10.6. The number of hydrogen-bond acceptors (Lipinski definition) is 3. The summed E-state index contributed by atoms with van der Waals surface area (Å²) in [5, 5.41) is 0. The average Bonchev–Trinajstić information content (AvgIpc) is 2.96. The first kappa shape index (κ1) is 15.1. The summed E-state index contributed by atoms with van der Waals surface area (Å²) in [6.45, 7) is 8.19. The van der Waals surface area contributed by atoms with Crippen molar-refractivity contribution in [2.45, 2.75) is 27.3 Å². The molecule has 1 aromatic carbocycles. The fourth-order valence-electron chi connectivity index (χ4n) is 2.03. The zero-order valence-corrected chi connectivity index (χ0v) is 12.8. The maximum Gasteiger partial charge on any atom is 0.216 e. The molecule has 0 saturated carbocycles. The standard InChI is InChI=1S/C16H22N4O/c1-4-20(5-2)16(17)19-11-15-18-10-14(21-15)13-8-6-12(3)7-9-13/h6-10H,4-5,11H2,1-3H3,(H2,17,19). The molecule has 0 unspecified atom stereocenters. The second-order valence-electron chi connectivity index (χ2n) is 4.83. The van der Waals surface area contributed by atoms with E-state index < -0.39 is 0 Å². The number of oxazole rings is 1. The van der Waals surface area contributed by atoms with Gasteiger partial charge >= 0.3 is 0 Å². The highest BCUT2D eigenvalue weighted by Crippen LogP contribution is 2.20. The summed E-state index contributed by atoms with van der Waals surface area (Å²) in [5.74, 6) is 1.84. The molecular weight excluding hydrogens is 264 g/mol. The van der Waals surface area contributed by atoms with Gasteiger partial charge in [-0.25, -0.2) is 9.98 Å². The van der Waals surface area contributed by atoms with E-state index in [1.54, 1.807) is 6.20 Å². The number of rotatable bonds is 5. The van der Waals surface area contributed by atoms with Crippen molar-refractivity contribution >= 4 is 5.96 Å². The third kappa shape index (κ3) is 3.84. The van der Waals surface area contributed by atoms with Crippen LogP contribution in [0.3, 0.4) is 0 Å². The molecule has 0 bridgehead atoms. The lowest BCUT2D eigenvalue weighted by molar-refractivity contribution is 0.453.